The van der Waals surface area contributed by atoms with E-state index in [4.69, 9.17) is 4.74 Å². The lowest BCUT2D eigenvalue weighted by Gasteiger charge is -2.58. The number of hydrogen-bond acceptors (Lipinski definition) is 6. The number of piperidine rings is 1. The highest BCUT2D eigenvalue weighted by molar-refractivity contribution is 5.93. The van der Waals surface area contributed by atoms with Gasteiger partial charge in [-0.05, 0) is 79.7 Å². The predicted octanol–water partition coefficient (Wildman–Crippen LogP) is 5.52. The Bertz CT molecular complexity index is 1260. The topological polar surface area (TPSA) is 80.8 Å². The van der Waals surface area contributed by atoms with Crippen molar-refractivity contribution >= 4 is 23.3 Å². The Morgan fingerprint density at radius 1 is 0.976 bits per heavy atom. The van der Waals surface area contributed by atoms with E-state index in [1.54, 1.807) is 0 Å². The Labute approximate surface area is 243 Å². The second-order valence-electron chi connectivity index (χ2n) is 14.9. The lowest BCUT2D eigenvalue weighted by molar-refractivity contribution is -0.166. The van der Waals surface area contributed by atoms with Crippen molar-refractivity contribution < 1.29 is 23.9 Å². The van der Waals surface area contributed by atoms with Crippen LogP contribution in [0.5, 0.6) is 0 Å². The zero-order valence-electron chi connectivity index (χ0n) is 24.7. The maximum absolute atomic E-state index is 14.0. The zero-order chi connectivity index (χ0) is 28.6. The molecule has 3 unspecified atom stereocenters. The highest BCUT2D eigenvalue weighted by Crippen LogP contribution is 2.65. The summed E-state index contributed by atoms with van der Waals surface area (Å²) >= 11 is 0. The van der Waals surface area contributed by atoms with Crippen molar-refractivity contribution in [2.24, 2.45) is 46.3 Å². The smallest absolute Gasteiger partial charge is 0.306 e. The number of nitrogens with zero attached hydrogens (tertiary/aromatic N) is 1. The van der Waals surface area contributed by atoms with Crippen LogP contribution in [0.3, 0.4) is 0 Å². The number of esters is 1. The van der Waals surface area contributed by atoms with E-state index in [9.17, 15) is 19.2 Å². The van der Waals surface area contributed by atoms with Gasteiger partial charge in [0, 0.05) is 62.4 Å². The quantitative estimate of drug-likeness (QED) is 0.427. The molecule has 6 aliphatic rings. The molecule has 2 bridgehead atoms. The largest absolute Gasteiger partial charge is 0.452 e. The van der Waals surface area contributed by atoms with E-state index in [0.717, 1.165) is 57.3 Å². The average molecular weight is 560 g/mol. The van der Waals surface area contributed by atoms with Gasteiger partial charge in [0.15, 0.2) is 5.60 Å². The van der Waals surface area contributed by atoms with Crippen LogP contribution in [0.1, 0.15) is 90.0 Å². The summed E-state index contributed by atoms with van der Waals surface area (Å²) in [5.74, 6) is 1.52. The van der Waals surface area contributed by atoms with Crippen molar-refractivity contribution in [3.8, 4) is 0 Å². The first kappa shape index (κ1) is 27.5. The van der Waals surface area contributed by atoms with Crippen molar-refractivity contribution in [1.82, 2.24) is 4.90 Å². The van der Waals surface area contributed by atoms with Gasteiger partial charge < -0.3 is 4.74 Å². The van der Waals surface area contributed by atoms with Gasteiger partial charge in [0.2, 0.25) is 0 Å². The first-order chi connectivity index (χ1) is 19.6. The van der Waals surface area contributed by atoms with Crippen LogP contribution in [-0.2, 0) is 29.5 Å². The molecule has 6 nitrogen and oxygen atoms in total. The molecule has 4 aliphatic carbocycles. The van der Waals surface area contributed by atoms with E-state index in [2.05, 4.69) is 30.9 Å². The number of fused-ring (bicyclic) bond motifs is 7. The van der Waals surface area contributed by atoms with Crippen LogP contribution in [0.4, 0.5) is 0 Å². The van der Waals surface area contributed by atoms with Crippen molar-refractivity contribution in [1.29, 1.82) is 0 Å². The standard InChI is InChI=1S/C35H45NO5/c1-33-15-13-26(37)17-25(33)18-29(38)32-27-12-11-22(34(27,2)30(39)19-28(32)33)9-6-10-31(40)41-35(23-7-4-3-5-8-23)21-36-16-14-24(35)20-36/h3-5,7-8,22,24-25,27-28,32H,6,9-21H2,1-2H3/t22-,24?,25-,27-,28-,32-,33-,34+,35?/m0/s1. The monoisotopic (exact) mass is 559 g/mol. The van der Waals surface area contributed by atoms with Gasteiger partial charge in [0.05, 0.1) is 0 Å². The first-order valence-corrected chi connectivity index (χ1v) is 16.2. The fourth-order valence-electron chi connectivity index (χ4n) is 10.8. The minimum absolute atomic E-state index is 0.0550. The van der Waals surface area contributed by atoms with E-state index < -0.39 is 11.0 Å². The number of carbonyl (C=O) groups excluding carboxylic acids is 4. The Balaban J connectivity index is 1.02. The van der Waals surface area contributed by atoms with E-state index in [-0.39, 0.29) is 46.8 Å². The molecule has 2 saturated heterocycles. The van der Waals surface area contributed by atoms with E-state index in [1.165, 1.54) is 0 Å². The Morgan fingerprint density at radius 2 is 1.78 bits per heavy atom. The predicted molar refractivity (Wildman–Crippen MR) is 154 cm³/mol. The van der Waals surface area contributed by atoms with E-state index >= 15 is 0 Å². The second-order valence-corrected chi connectivity index (χ2v) is 14.9. The van der Waals surface area contributed by atoms with Gasteiger partial charge in [-0.1, -0.05) is 44.2 Å². The number of ketones is 3. The molecule has 0 N–H and O–H groups in total. The molecule has 0 aromatic heterocycles. The van der Waals surface area contributed by atoms with Crippen LogP contribution in [-0.4, -0.2) is 47.9 Å². The van der Waals surface area contributed by atoms with Crippen LogP contribution in [0.2, 0.25) is 0 Å². The third-order valence-electron chi connectivity index (χ3n) is 13.2. The van der Waals surface area contributed by atoms with Gasteiger partial charge in [-0.15, -0.1) is 0 Å². The molecule has 41 heavy (non-hydrogen) atoms. The van der Waals surface area contributed by atoms with Crippen LogP contribution in [0.15, 0.2) is 30.3 Å². The van der Waals surface area contributed by atoms with Gasteiger partial charge >= 0.3 is 5.97 Å². The Hall–Kier alpha value is -2.34. The van der Waals surface area contributed by atoms with Gasteiger partial charge in [0.25, 0.3) is 0 Å². The van der Waals surface area contributed by atoms with Crippen molar-refractivity contribution in [3.05, 3.63) is 35.9 Å². The van der Waals surface area contributed by atoms with Crippen LogP contribution in [0.25, 0.3) is 0 Å². The van der Waals surface area contributed by atoms with Gasteiger partial charge in [-0.2, -0.15) is 0 Å². The minimum atomic E-state index is -0.547. The molecule has 1 aromatic carbocycles. The van der Waals surface area contributed by atoms with Gasteiger partial charge in [-0.25, -0.2) is 0 Å². The van der Waals surface area contributed by atoms with E-state index in [1.807, 2.05) is 18.2 Å². The number of carbonyl (C=O) groups is 4. The summed E-state index contributed by atoms with van der Waals surface area (Å²) in [6.07, 6.45) is 7.70. The molecule has 4 saturated carbocycles. The normalized spacial score (nSPS) is 44.8. The third kappa shape index (κ3) is 4.13. The van der Waals surface area contributed by atoms with Crippen LogP contribution >= 0.6 is 0 Å². The van der Waals surface area contributed by atoms with Crippen molar-refractivity contribution in [2.75, 3.05) is 19.6 Å². The molecule has 0 amide bonds. The summed E-state index contributed by atoms with van der Waals surface area (Å²) in [6.45, 7) is 7.23. The number of ether oxygens (including phenoxy) is 1. The summed E-state index contributed by atoms with van der Waals surface area (Å²) in [5, 5.41) is 0. The van der Waals surface area contributed by atoms with E-state index in [0.29, 0.717) is 56.0 Å². The molecular weight excluding hydrogens is 514 g/mol. The lowest BCUT2D eigenvalue weighted by Crippen LogP contribution is -2.59. The van der Waals surface area contributed by atoms with Gasteiger partial charge in [-0.3, -0.25) is 24.1 Å². The molecule has 0 spiro atoms. The lowest BCUT2D eigenvalue weighted by atomic mass is 9.44. The highest BCUT2D eigenvalue weighted by Gasteiger charge is 2.65. The summed E-state index contributed by atoms with van der Waals surface area (Å²) in [5.41, 5.74) is -0.0214. The Kier molecular flexibility index (Phi) is 6.61. The van der Waals surface area contributed by atoms with Gasteiger partial charge in [0.1, 0.15) is 17.3 Å². The molecule has 2 heterocycles. The number of Topliss-reactive ketones (excluding diaryl/α,β-unsaturated/α-hetero) is 3. The van der Waals surface area contributed by atoms with Crippen LogP contribution < -0.4 is 0 Å². The molecule has 220 valence electrons. The molecule has 6 fully saturated rings. The Morgan fingerprint density at radius 3 is 2.51 bits per heavy atom. The highest BCUT2D eigenvalue weighted by atomic mass is 16.6. The summed E-state index contributed by atoms with van der Waals surface area (Å²) < 4.78 is 6.37. The van der Waals surface area contributed by atoms with Crippen LogP contribution in [0, 0.1) is 46.3 Å². The fourth-order valence-corrected chi connectivity index (χ4v) is 10.8. The summed E-state index contributed by atoms with van der Waals surface area (Å²) in [7, 11) is 0. The molecule has 6 heteroatoms. The molecule has 7 rings (SSSR count). The average Bonchev–Trinajstić information content (AvgIpc) is 3.65. The fraction of sp³-hybridized carbons (Fsp3) is 0.714. The molecule has 2 aliphatic heterocycles. The SMILES string of the molecule is C[C@]12CCC(=O)C[C@H]1CC(=O)[C@@H]1[C@@H]2CC(=O)[C@]2(C)[C@@H](CCCC(=O)OC3(c4ccccc4)CN4CCC3C4)CC[C@@H]12. The number of hydrogen-bond donors (Lipinski definition) is 0. The minimum Gasteiger partial charge on any atom is -0.452 e. The summed E-state index contributed by atoms with van der Waals surface area (Å²) in [6, 6.07) is 10.3. The second kappa shape index (κ2) is 9.86. The van der Waals surface area contributed by atoms with Crippen molar-refractivity contribution in [3.63, 3.8) is 0 Å². The third-order valence-corrected chi connectivity index (χ3v) is 13.2. The maximum atomic E-state index is 14.0. The van der Waals surface area contributed by atoms with Crippen molar-refractivity contribution in [2.45, 2.75) is 90.1 Å². The number of rotatable bonds is 6. The maximum Gasteiger partial charge on any atom is 0.306 e. The first-order valence-electron chi connectivity index (χ1n) is 16.2. The molecular formula is C35H45NO5. The molecule has 0 radical (unpaired) electrons. The molecule has 1 aromatic rings. The summed E-state index contributed by atoms with van der Waals surface area (Å²) in [4.78, 5) is 55.5. The number of benzene rings is 1. The molecule has 10 atom stereocenters. The zero-order valence-corrected chi connectivity index (χ0v) is 24.7.